The molecule has 146 valence electrons. The van der Waals surface area contributed by atoms with Crippen molar-refractivity contribution in [2.45, 2.75) is 18.9 Å². The van der Waals surface area contributed by atoms with Crippen LogP contribution in [0.15, 0.2) is 54.6 Å². The monoisotopic (exact) mass is 383 g/mol. The van der Waals surface area contributed by atoms with E-state index in [9.17, 15) is 14.0 Å². The third kappa shape index (κ3) is 6.21. The number of ether oxygens (including phenoxy) is 1. The Balaban J connectivity index is 1.44. The lowest BCUT2D eigenvalue weighted by atomic mass is 10.2. The van der Waals surface area contributed by atoms with Gasteiger partial charge in [-0.3, -0.25) is 4.79 Å². The van der Waals surface area contributed by atoms with Crippen molar-refractivity contribution in [3.05, 3.63) is 66.0 Å². The zero-order chi connectivity index (χ0) is 19.8. The molecule has 6 nitrogen and oxygen atoms in total. The largest absolute Gasteiger partial charge is 0.376 e. The Morgan fingerprint density at radius 2 is 1.71 bits per heavy atom. The molecule has 1 heterocycles. The van der Waals surface area contributed by atoms with Crippen molar-refractivity contribution in [3.63, 3.8) is 0 Å². The Morgan fingerprint density at radius 3 is 2.36 bits per heavy atom. The highest BCUT2D eigenvalue weighted by Crippen LogP contribution is 2.14. The number of hydrogen-bond acceptors (Lipinski definition) is 3. The number of benzene rings is 2. The first kappa shape index (κ1) is 19.6. The topological polar surface area (TPSA) is 79.5 Å². The van der Waals surface area contributed by atoms with Crippen LogP contribution in [0.3, 0.4) is 0 Å². The van der Waals surface area contributed by atoms with Crippen molar-refractivity contribution in [1.82, 2.24) is 5.32 Å². The standard InChI is InChI=1S/C21H22FN3O3/c22-16-6-3-15(4-7-16)5-12-20(26)24-17-8-10-18(11-9-17)25-21(27)23-14-19-2-1-13-28-19/h3-12,19H,1-2,13-14H2,(H,24,26)(H2,23,25,27)/b12-5+. The Kier molecular flexibility index (Phi) is 6.75. The first-order valence-electron chi connectivity index (χ1n) is 9.10. The predicted octanol–water partition coefficient (Wildman–Crippen LogP) is 3.78. The van der Waals surface area contributed by atoms with Gasteiger partial charge in [0, 0.05) is 30.6 Å². The van der Waals surface area contributed by atoms with Gasteiger partial charge in [-0.2, -0.15) is 0 Å². The van der Waals surface area contributed by atoms with Crippen LogP contribution in [0.4, 0.5) is 20.6 Å². The van der Waals surface area contributed by atoms with Gasteiger partial charge < -0.3 is 20.7 Å². The number of carbonyl (C=O) groups is 2. The number of rotatable bonds is 6. The van der Waals surface area contributed by atoms with E-state index in [-0.39, 0.29) is 23.9 Å². The zero-order valence-corrected chi connectivity index (χ0v) is 15.3. The van der Waals surface area contributed by atoms with Gasteiger partial charge in [-0.05, 0) is 60.9 Å². The molecule has 3 N–H and O–H groups in total. The maximum atomic E-state index is 12.9. The number of anilines is 2. The first-order valence-corrected chi connectivity index (χ1v) is 9.10. The molecule has 0 saturated carbocycles. The third-order valence-corrected chi connectivity index (χ3v) is 4.22. The number of amides is 3. The minimum Gasteiger partial charge on any atom is -0.376 e. The minimum absolute atomic E-state index is 0.0892. The first-order chi connectivity index (χ1) is 13.6. The average molecular weight is 383 g/mol. The maximum Gasteiger partial charge on any atom is 0.319 e. The van der Waals surface area contributed by atoms with Gasteiger partial charge in [0.15, 0.2) is 0 Å². The Bertz CT molecular complexity index is 829. The van der Waals surface area contributed by atoms with Crippen LogP contribution in [0.2, 0.25) is 0 Å². The summed E-state index contributed by atoms with van der Waals surface area (Å²) in [7, 11) is 0. The van der Waals surface area contributed by atoms with E-state index in [0.29, 0.717) is 17.9 Å². The second-order valence-corrected chi connectivity index (χ2v) is 6.42. The second-order valence-electron chi connectivity index (χ2n) is 6.42. The van der Waals surface area contributed by atoms with Gasteiger partial charge in [-0.15, -0.1) is 0 Å². The third-order valence-electron chi connectivity index (χ3n) is 4.22. The van der Waals surface area contributed by atoms with E-state index in [1.54, 1.807) is 42.5 Å². The molecular formula is C21H22FN3O3. The molecule has 2 aromatic rings. The Hall–Kier alpha value is -3.19. The molecule has 0 spiro atoms. The average Bonchev–Trinajstić information content (AvgIpc) is 3.21. The van der Waals surface area contributed by atoms with Crippen LogP contribution in [0.5, 0.6) is 0 Å². The van der Waals surface area contributed by atoms with Crippen LogP contribution in [0.25, 0.3) is 6.08 Å². The Morgan fingerprint density at radius 1 is 1.04 bits per heavy atom. The van der Waals surface area contributed by atoms with Crippen molar-refractivity contribution in [3.8, 4) is 0 Å². The minimum atomic E-state index is -0.323. The predicted molar refractivity (Wildman–Crippen MR) is 107 cm³/mol. The van der Waals surface area contributed by atoms with Crippen LogP contribution < -0.4 is 16.0 Å². The van der Waals surface area contributed by atoms with Crippen molar-refractivity contribution < 1.29 is 18.7 Å². The van der Waals surface area contributed by atoms with Gasteiger partial charge in [-0.25, -0.2) is 9.18 Å². The van der Waals surface area contributed by atoms with Crippen LogP contribution >= 0.6 is 0 Å². The van der Waals surface area contributed by atoms with E-state index in [0.717, 1.165) is 25.0 Å². The van der Waals surface area contributed by atoms with Gasteiger partial charge in [0.05, 0.1) is 6.10 Å². The fourth-order valence-corrected chi connectivity index (χ4v) is 2.75. The summed E-state index contributed by atoms with van der Waals surface area (Å²) in [5, 5.41) is 8.23. The van der Waals surface area contributed by atoms with E-state index >= 15 is 0 Å². The molecular weight excluding hydrogens is 361 g/mol. The van der Waals surface area contributed by atoms with Crippen LogP contribution in [0, 0.1) is 5.82 Å². The summed E-state index contributed by atoms with van der Waals surface area (Å²) in [5.74, 6) is -0.629. The fourth-order valence-electron chi connectivity index (χ4n) is 2.75. The normalized spacial score (nSPS) is 16.1. The molecule has 1 fully saturated rings. The summed E-state index contributed by atoms with van der Waals surface area (Å²) >= 11 is 0. The molecule has 1 unspecified atom stereocenters. The van der Waals surface area contributed by atoms with E-state index in [2.05, 4.69) is 16.0 Å². The summed E-state index contributed by atoms with van der Waals surface area (Å²) in [4.78, 5) is 23.9. The lowest BCUT2D eigenvalue weighted by Gasteiger charge is -2.12. The van der Waals surface area contributed by atoms with Crippen LogP contribution in [-0.4, -0.2) is 31.2 Å². The smallest absolute Gasteiger partial charge is 0.319 e. The molecule has 3 amide bonds. The highest BCUT2D eigenvalue weighted by atomic mass is 19.1. The quantitative estimate of drug-likeness (QED) is 0.664. The molecule has 1 aliphatic heterocycles. The molecule has 0 bridgehead atoms. The van der Waals surface area contributed by atoms with Crippen molar-refractivity contribution in [2.24, 2.45) is 0 Å². The van der Waals surface area contributed by atoms with Crippen LogP contribution in [-0.2, 0) is 9.53 Å². The van der Waals surface area contributed by atoms with Crippen LogP contribution in [0.1, 0.15) is 18.4 Å². The van der Waals surface area contributed by atoms with Gasteiger partial charge in [-0.1, -0.05) is 12.1 Å². The summed E-state index contributed by atoms with van der Waals surface area (Å²) < 4.78 is 18.3. The van der Waals surface area contributed by atoms with Crippen molar-refractivity contribution >= 4 is 29.4 Å². The summed E-state index contributed by atoms with van der Waals surface area (Å²) in [5.41, 5.74) is 1.94. The van der Waals surface area contributed by atoms with Gasteiger partial charge in [0.1, 0.15) is 5.82 Å². The molecule has 2 aromatic carbocycles. The fraction of sp³-hybridized carbons (Fsp3) is 0.238. The molecule has 7 heteroatoms. The molecule has 1 saturated heterocycles. The zero-order valence-electron chi connectivity index (χ0n) is 15.3. The molecule has 28 heavy (non-hydrogen) atoms. The molecule has 0 aromatic heterocycles. The number of urea groups is 1. The SMILES string of the molecule is O=C(/C=C/c1ccc(F)cc1)Nc1ccc(NC(=O)NCC2CCCO2)cc1. The van der Waals surface area contributed by atoms with E-state index < -0.39 is 0 Å². The van der Waals surface area contributed by atoms with Gasteiger partial charge in [0.25, 0.3) is 0 Å². The van der Waals surface area contributed by atoms with Gasteiger partial charge in [0.2, 0.25) is 5.91 Å². The lowest BCUT2D eigenvalue weighted by molar-refractivity contribution is -0.111. The molecule has 0 radical (unpaired) electrons. The molecule has 3 rings (SSSR count). The summed E-state index contributed by atoms with van der Waals surface area (Å²) in [6.45, 7) is 1.24. The number of hydrogen-bond donors (Lipinski definition) is 3. The van der Waals surface area contributed by atoms with E-state index in [4.69, 9.17) is 4.74 Å². The van der Waals surface area contributed by atoms with Crippen molar-refractivity contribution in [2.75, 3.05) is 23.8 Å². The Labute approximate surface area is 162 Å². The summed E-state index contributed by atoms with van der Waals surface area (Å²) in [6, 6.07) is 12.3. The number of carbonyl (C=O) groups excluding carboxylic acids is 2. The molecule has 0 aliphatic carbocycles. The van der Waals surface area contributed by atoms with Crippen molar-refractivity contribution in [1.29, 1.82) is 0 Å². The highest BCUT2D eigenvalue weighted by molar-refractivity contribution is 6.02. The van der Waals surface area contributed by atoms with E-state index in [1.165, 1.54) is 18.2 Å². The second kappa shape index (κ2) is 9.66. The maximum absolute atomic E-state index is 12.9. The molecule has 1 atom stereocenters. The highest BCUT2D eigenvalue weighted by Gasteiger charge is 2.16. The number of halogens is 1. The molecule has 1 aliphatic rings. The number of nitrogens with one attached hydrogen (secondary N) is 3. The summed E-state index contributed by atoms with van der Waals surface area (Å²) in [6.07, 6.45) is 5.05. The van der Waals surface area contributed by atoms with E-state index in [1.807, 2.05) is 0 Å². The lowest BCUT2D eigenvalue weighted by Crippen LogP contribution is -2.35. The van der Waals surface area contributed by atoms with Gasteiger partial charge >= 0.3 is 6.03 Å².